The minimum atomic E-state index is -0.541. The summed E-state index contributed by atoms with van der Waals surface area (Å²) in [4.78, 5) is 22.7. The monoisotopic (exact) mass is 264 g/mol. The SMILES string of the molecule is CC(=O)CCC[C@H]1Cc2c(O)cc(O)cc2C(=O)O1. The van der Waals surface area contributed by atoms with Gasteiger partial charge < -0.3 is 19.7 Å². The number of fused-ring (bicyclic) bond motifs is 1. The van der Waals surface area contributed by atoms with Gasteiger partial charge in [-0.2, -0.15) is 0 Å². The Labute approximate surface area is 110 Å². The van der Waals surface area contributed by atoms with Crippen molar-refractivity contribution in [2.75, 3.05) is 0 Å². The molecule has 0 unspecified atom stereocenters. The zero-order valence-electron chi connectivity index (χ0n) is 10.7. The molecule has 19 heavy (non-hydrogen) atoms. The minimum absolute atomic E-state index is 0.0942. The first kappa shape index (κ1) is 13.4. The number of rotatable bonds is 4. The molecule has 1 aliphatic heterocycles. The number of ketones is 1. The molecular weight excluding hydrogens is 248 g/mol. The summed E-state index contributed by atoms with van der Waals surface area (Å²) >= 11 is 0. The third-order valence-corrected chi connectivity index (χ3v) is 3.19. The maximum Gasteiger partial charge on any atom is 0.338 e. The van der Waals surface area contributed by atoms with Crippen molar-refractivity contribution in [3.05, 3.63) is 23.3 Å². The predicted molar refractivity (Wildman–Crippen MR) is 67.2 cm³/mol. The molecule has 5 heteroatoms. The van der Waals surface area contributed by atoms with Crippen LogP contribution in [0.3, 0.4) is 0 Å². The average Bonchev–Trinajstić information content (AvgIpc) is 2.30. The van der Waals surface area contributed by atoms with Gasteiger partial charge in [0.05, 0.1) is 5.56 Å². The summed E-state index contributed by atoms with van der Waals surface area (Å²) in [5.74, 6) is -0.693. The summed E-state index contributed by atoms with van der Waals surface area (Å²) in [6.07, 6.45) is 1.79. The van der Waals surface area contributed by atoms with E-state index in [0.29, 0.717) is 31.2 Å². The molecule has 5 nitrogen and oxygen atoms in total. The molecule has 0 spiro atoms. The molecule has 0 amide bonds. The van der Waals surface area contributed by atoms with E-state index in [4.69, 9.17) is 4.74 Å². The van der Waals surface area contributed by atoms with Crippen molar-refractivity contribution in [3.63, 3.8) is 0 Å². The molecule has 0 bridgehead atoms. The van der Waals surface area contributed by atoms with E-state index in [1.54, 1.807) is 0 Å². The molecule has 0 saturated heterocycles. The zero-order valence-corrected chi connectivity index (χ0v) is 10.7. The van der Waals surface area contributed by atoms with Crippen molar-refractivity contribution in [3.8, 4) is 11.5 Å². The second-order valence-corrected chi connectivity index (χ2v) is 4.82. The summed E-state index contributed by atoms with van der Waals surface area (Å²) in [7, 11) is 0. The number of benzene rings is 1. The van der Waals surface area contributed by atoms with Crippen molar-refractivity contribution < 1.29 is 24.5 Å². The van der Waals surface area contributed by atoms with Gasteiger partial charge in [-0.05, 0) is 25.8 Å². The minimum Gasteiger partial charge on any atom is -0.508 e. The highest BCUT2D eigenvalue weighted by molar-refractivity contribution is 5.93. The van der Waals surface area contributed by atoms with Crippen LogP contribution in [0.2, 0.25) is 0 Å². The number of hydrogen-bond acceptors (Lipinski definition) is 5. The first-order valence-electron chi connectivity index (χ1n) is 6.22. The smallest absolute Gasteiger partial charge is 0.338 e. The zero-order chi connectivity index (χ0) is 14.0. The number of hydrogen-bond donors (Lipinski definition) is 2. The predicted octanol–water partition coefficient (Wildman–Crippen LogP) is 1.94. The van der Waals surface area contributed by atoms with Crippen LogP contribution in [0.4, 0.5) is 0 Å². The molecule has 1 atom stereocenters. The van der Waals surface area contributed by atoms with Gasteiger partial charge in [0.1, 0.15) is 23.4 Å². The number of esters is 1. The van der Waals surface area contributed by atoms with Crippen LogP contribution in [0, 0.1) is 0 Å². The van der Waals surface area contributed by atoms with Crippen molar-refractivity contribution in [1.82, 2.24) is 0 Å². The van der Waals surface area contributed by atoms with Crippen LogP contribution in [-0.2, 0) is 16.0 Å². The molecule has 0 fully saturated rings. The van der Waals surface area contributed by atoms with Crippen molar-refractivity contribution >= 4 is 11.8 Å². The average molecular weight is 264 g/mol. The fourth-order valence-corrected chi connectivity index (χ4v) is 2.26. The van der Waals surface area contributed by atoms with Gasteiger partial charge in [-0.3, -0.25) is 0 Å². The summed E-state index contributed by atoms with van der Waals surface area (Å²) in [5.41, 5.74) is 0.710. The van der Waals surface area contributed by atoms with E-state index >= 15 is 0 Å². The Kier molecular flexibility index (Phi) is 3.74. The van der Waals surface area contributed by atoms with E-state index in [9.17, 15) is 19.8 Å². The van der Waals surface area contributed by atoms with E-state index < -0.39 is 5.97 Å². The van der Waals surface area contributed by atoms with E-state index in [2.05, 4.69) is 0 Å². The van der Waals surface area contributed by atoms with E-state index in [1.807, 2.05) is 0 Å². The van der Waals surface area contributed by atoms with Crippen molar-refractivity contribution in [2.24, 2.45) is 0 Å². The topological polar surface area (TPSA) is 83.8 Å². The lowest BCUT2D eigenvalue weighted by Gasteiger charge is -2.25. The molecule has 1 aromatic carbocycles. The molecule has 0 saturated carbocycles. The number of ether oxygens (including phenoxy) is 1. The Bertz CT molecular complexity index is 521. The van der Waals surface area contributed by atoms with Gasteiger partial charge in [-0.15, -0.1) is 0 Å². The van der Waals surface area contributed by atoms with Crippen LogP contribution < -0.4 is 0 Å². The Balaban J connectivity index is 2.11. The van der Waals surface area contributed by atoms with Crippen LogP contribution >= 0.6 is 0 Å². The number of Topliss-reactive ketones (excluding diaryl/α,β-unsaturated/α-hetero) is 1. The number of cyclic esters (lactones) is 1. The lowest BCUT2D eigenvalue weighted by Crippen LogP contribution is -2.27. The first-order valence-corrected chi connectivity index (χ1v) is 6.22. The van der Waals surface area contributed by atoms with E-state index in [1.165, 1.54) is 19.1 Å². The number of carbonyl (C=O) groups excluding carboxylic acids is 2. The highest BCUT2D eigenvalue weighted by Crippen LogP contribution is 2.33. The third kappa shape index (κ3) is 3.05. The van der Waals surface area contributed by atoms with Crippen LogP contribution in [0.15, 0.2) is 12.1 Å². The van der Waals surface area contributed by atoms with Crippen LogP contribution in [0.1, 0.15) is 42.1 Å². The second kappa shape index (κ2) is 5.30. The largest absolute Gasteiger partial charge is 0.508 e. The summed E-state index contributed by atoms with van der Waals surface area (Å²) in [5, 5.41) is 19.1. The molecular formula is C14H16O5. The van der Waals surface area contributed by atoms with Gasteiger partial charge in [-0.1, -0.05) is 0 Å². The molecule has 0 aromatic heterocycles. The third-order valence-electron chi connectivity index (χ3n) is 3.19. The van der Waals surface area contributed by atoms with Gasteiger partial charge in [0.2, 0.25) is 0 Å². The Hall–Kier alpha value is -2.04. The highest BCUT2D eigenvalue weighted by atomic mass is 16.5. The summed E-state index contributed by atoms with van der Waals surface area (Å²) < 4.78 is 5.23. The van der Waals surface area contributed by atoms with Crippen LogP contribution in [-0.4, -0.2) is 28.1 Å². The fraction of sp³-hybridized carbons (Fsp3) is 0.429. The van der Waals surface area contributed by atoms with Gasteiger partial charge in [0.25, 0.3) is 0 Å². The molecule has 1 aromatic rings. The van der Waals surface area contributed by atoms with E-state index in [0.717, 1.165) is 0 Å². The van der Waals surface area contributed by atoms with E-state index in [-0.39, 0.29) is 28.9 Å². The first-order chi connectivity index (χ1) is 8.97. The summed E-state index contributed by atoms with van der Waals surface area (Å²) in [6, 6.07) is 2.51. The van der Waals surface area contributed by atoms with Crippen molar-refractivity contribution in [2.45, 2.75) is 38.7 Å². The maximum absolute atomic E-state index is 11.8. The standard InChI is InChI=1S/C14H16O5/c1-8(15)3-2-4-10-7-11-12(14(18)19-10)5-9(16)6-13(11)17/h5-6,10,16-17H,2-4,7H2,1H3/t10-/m0/s1. The molecule has 2 N–H and O–H groups in total. The molecule has 2 rings (SSSR count). The maximum atomic E-state index is 11.8. The Morgan fingerprint density at radius 1 is 1.42 bits per heavy atom. The molecule has 1 aliphatic rings. The Morgan fingerprint density at radius 2 is 2.16 bits per heavy atom. The second-order valence-electron chi connectivity index (χ2n) is 4.82. The lowest BCUT2D eigenvalue weighted by atomic mass is 9.94. The molecule has 0 radical (unpaired) electrons. The normalized spacial score (nSPS) is 17.7. The molecule has 0 aliphatic carbocycles. The number of phenolic OH excluding ortho intramolecular Hbond substituents is 2. The highest BCUT2D eigenvalue weighted by Gasteiger charge is 2.28. The van der Waals surface area contributed by atoms with Crippen LogP contribution in [0.25, 0.3) is 0 Å². The van der Waals surface area contributed by atoms with Gasteiger partial charge in [-0.25, -0.2) is 4.79 Å². The quantitative estimate of drug-likeness (QED) is 0.812. The van der Waals surface area contributed by atoms with Gasteiger partial charge >= 0.3 is 5.97 Å². The molecule has 1 heterocycles. The number of phenols is 2. The number of aromatic hydroxyl groups is 2. The van der Waals surface area contributed by atoms with Crippen molar-refractivity contribution in [1.29, 1.82) is 0 Å². The molecule has 102 valence electrons. The lowest BCUT2D eigenvalue weighted by molar-refractivity contribution is -0.117. The summed E-state index contributed by atoms with van der Waals surface area (Å²) in [6.45, 7) is 1.52. The van der Waals surface area contributed by atoms with Crippen LogP contribution in [0.5, 0.6) is 11.5 Å². The fourth-order valence-electron chi connectivity index (χ4n) is 2.26. The van der Waals surface area contributed by atoms with Gasteiger partial charge in [0, 0.05) is 24.5 Å². The number of carbonyl (C=O) groups is 2. The van der Waals surface area contributed by atoms with Gasteiger partial charge in [0.15, 0.2) is 0 Å². The Morgan fingerprint density at radius 3 is 2.84 bits per heavy atom.